The van der Waals surface area contributed by atoms with Crippen molar-refractivity contribution in [1.29, 1.82) is 0 Å². The van der Waals surface area contributed by atoms with Crippen LogP contribution in [0.2, 0.25) is 0 Å². The van der Waals surface area contributed by atoms with Crippen molar-refractivity contribution < 1.29 is 28.7 Å². The van der Waals surface area contributed by atoms with Crippen molar-refractivity contribution >= 4 is 35.3 Å². The molecule has 0 radical (unpaired) electrons. The molecule has 11 nitrogen and oxygen atoms in total. The van der Waals surface area contributed by atoms with Gasteiger partial charge in [-0.15, -0.1) is 0 Å². The topological polar surface area (TPSA) is 128 Å². The van der Waals surface area contributed by atoms with Gasteiger partial charge in [-0.2, -0.15) is 0 Å². The van der Waals surface area contributed by atoms with E-state index in [4.69, 9.17) is 4.74 Å². The Morgan fingerprint density at radius 3 is 2.19 bits per heavy atom. The van der Waals surface area contributed by atoms with Crippen LogP contribution in [0, 0.1) is 0 Å². The highest BCUT2D eigenvalue weighted by Gasteiger charge is 2.40. The first kappa shape index (κ1) is 35.2. The molecule has 0 bridgehead atoms. The number of carbonyl (C=O) groups excluding carboxylic acids is 5. The lowest BCUT2D eigenvalue weighted by atomic mass is 10.0. The molecule has 3 heterocycles. The zero-order valence-electron chi connectivity index (χ0n) is 27.9. The van der Waals surface area contributed by atoms with Crippen LogP contribution in [0.4, 0.5) is 5.69 Å². The number of piperazine rings is 1. The van der Waals surface area contributed by atoms with Crippen LogP contribution in [0.5, 0.6) is 0 Å². The summed E-state index contributed by atoms with van der Waals surface area (Å²) in [7, 11) is 0. The minimum atomic E-state index is -0.681. The minimum Gasteiger partial charge on any atom is -0.461 e. The van der Waals surface area contributed by atoms with Crippen molar-refractivity contribution in [3.05, 3.63) is 65.2 Å². The van der Waals surface area contributed by atoms with E-state index in [1.807, 2.05) is 30.3 Å². The fraction of sp³-hybridized carbons (Fsp3) is 0.541. The van der Waals surface area contributed by atoms with Gasteiger partial charge in [0.05, 0.1) is 0 Å². The normalized spacial score (nSPS) is 18.5. The van der Waals surface area contributed by atoms with E-state index < -0.39 is 11.9 Å². The summed E-state index contributed by atoms with van der Waals surface area (Å²) in [6, 6.07) is 14.4. The summed E-state index contributed by atoms with van der Waals surface area (Å²) in [6.07, 6.45) is 8.58. The highest BCUT2D eigenvalue weighted by molar-refractivity contribution is 6.06. The summed E-state index contributed by atoms with van der Waals surface area (Å²) in [4.78, 5) is 68.2. The van der Waals surface area contributed by atoms with Gasteiger partial charge < -0.3 is 24.8 Å². The van der Waals surface area contributed by atoms with E-state index in [0.717, 1.165) is 82.5 Å². The van der Waals surface area contributed by atoms with E-state index in [9.17, 15) is 24.0 Å². The van der Waals surface area contributed by atoms with Gasteiger partial charge in [0, 0.05) is 68.8 Å². The Labute approximate surface area is 283 Å². The fourth-order valence-corrected chi connectivity index (χ4v) is 6.72. The van der Waals surface area contributed by atoms with Gasteiger partial charge in [0.25, 0.3) is 5.91 Å². The number of rotatable bonds is 17. The van der Waals surface area contributed by atoms with E-state index in [-0.39, 0.29) is 36.7 Å². The smallest absolute Gasteiger partial charge is 0.306 e. The molecular weight excluding hydrogens is 610 g/mol. The number of hydrogen-bond donors (Lipinski definition) is 2. The van der Waals surface area contributed by atoms with E-state index >= 15 is 0 Å². The van der Waals surface area contributed by atoms with E-state index in [1.54, 1.807) is 18.2 Å². The molecule has 2 aromatic rings. The number of fused-ring (bicyclic) bond motifs is 1. The largest absolute Gasteiger partial charge is 0.461 e. The summed E-state index contributed by atoms with van der Waals surface area (Å²) in [5.74, 6) is -1.21. The van der Waals surface area contributed by atoms with Crippen molar-refractivity contribution in [3.63, 3.8) is 0 Å². The number of unbranched alkanes of at least 4 members (excludes halogenated alkanes) is 5. The van der Waals surface area contributed by atoms with Crippen LogP contribution in [-0.2, 0) is 37.1 Å². The van der Waals surface area contributed by atoms with Crippen LogP contribution < -0.4 is 10.6 Å². The highest BCUT2D eigenvalue weighted by atomic mass is 16.5. The first-order valence-electron chi connectivity index (χ1n) is 17.6. The number of hydrogen-bond acceptors (Lipinski definition) is 8. The molecule has 1 atom stereocenters. The molecule has 3 aliphatic rings. The molecule has 11 heteroatoms. The Kier molecular flexibility index (Phi) is 13.1. The molecule has 2 fully saturated rings. The third-order valence-electron chi connectivity index (χ3n) is 9.55. The SMILES string of the molecule is O=C1CCC(N2Cc3c(NC(=O)CCCCN4CCN(CCCCCCCC(=O)OCc5ccccc5)CC4)cccc3C2=O)C(=O)N1. The average Bonchev–Trinajstić information content (AvgIpc) is 3.43. The Morgan fingerprint density at radius 2 is 1.46 bits per heavy atom. The molecule has 5 rings (SSSR count). The number of piperidine rings is 1. The molecule has 4 amide bonds. The summed E-state index contributed by atoms with van der Waals surface area (Å²) in [5.41, 5.74) is 2.83. The zero-order valence-corrected chi connectivity index (χ0v) is 27.9. The third kappa shape index (κ3) is 10.2. The highest BCUT2D eigenvalue weighted by Crippen LogP contribution is 2.32. The zero-order chi connectivity index (χ0) is 33.7. The standard InChI is InChI=1S/C37H49N5O6/c43-33(38-31-15-11-14-29-30(31)26-42(37(29)47)32-18-19-34(44)39-36(32)46)16-8-10-21-41-24-22-40(23-25-41)20-9-3-1-2-7-17-35(45)48-27-28-12-5-4-6-13-28/h4-6,11-15,32H,1-3,7-10,16-27H2,(H,38,43)(H,39,44,46). The number of nitrogens with one attached hydrogen (secondary N) is 2. The predicted molar refractivity (Wildman–Crippen MR) is 182 cm³/mol. The third-order valence-corrected chi connectivity index (χ3v) is 9.55. The molecule has 258 valence electrons. The Bertz CT molecular complexity index is 1420. The average molecular weight is 660 g/mol. The number of esters is 1. The number of benzene rings is 2. The maximum atomic E-state index is 13.0. The van der Waals surface area contributed by atoms with Gasteiger partial charge in [-0.05, 0) is 62.9 Å². The van der Waals surface area contributed by atoms with Crippen LogP contribution in [-0.4, -0.2) is 89.6 Å². The maximum absolute atomic E-state index is 13.0. The molecule has 48 heavy (non-hydrogen) atoms. The summed E-state index contributed by atoms with van der Waals surface area (Å²) in [5, 5.41) is 5.31. The molecule has 1 unspecified atom stereocenters. The van der Waals surface area contributed by atoms with Crippen molar-refractivity contribution in [3.8, 4) is 0 Å². The van der Waals surface area contributed by atoms with Gasteiger partial charge in [0.15, 0.2) is 0 Å². The molecule has 0 saturated carbocycles. The lowest BCUT2D eigenvalue weighted by Crippen LogP contribution is -2.52. The van der Waals surface area contributed by atoms with Gasteiger partial charge in [-0.3, -0.25) is 29.3 Å². The van der Waals surface area contributed by atoms with Crippen molar-refractivity contribution in [2.24, 2.45) is 0 Å². The number of carbonyl (C=O) groups is 5. The summed E-state index contributed by atoms with van der Waals surface area (Å²) < 4.78 is 5.35. The van der Waals surface area contributed by atoms with Crippen LogP contribution in [0.15, 0.2) is 48.5 Å². The van der Waals surface area contributed by atoms with Crippen LogP contribution >= 0.6 is 0 Å². The number of ether oxygens (including phenoxy) is 1. The second-order valence-electron chi connectivity index (χ2n) is 13.1. The molecule has 3 aliphatic heterocycles. The van der Waals surface area contributed by atoms with Crippen molar-refractivity contribution in [2.45, 2.75) is 89.8 Å². The van der Waals surface area contributed by atoms with E-state index in [1.165, 1.54) is 17.7 Å². The summed E-state index contributed by atoms with van der Waals surface area (Å²) >= 11 is 0. The first-order valence-corrected chi connectivity index (χ1v) is 17.6. The molecule has 2 N–H and O–H groups in total. The molecule has 0 aromatic heterocycles. The van der Waals surface area contributed by atoms with Crippen LogP contribution in [0.1, 0.15) is 92.1 Å². The quantitative estimate of drug-likeness (QED) is 0.147. The monoisotopic (exact) mass is 659 g/mol. The maximum Gasteiger partial charge on any atom is 0.306 e. The van der Waals surface area contributed by atoms with Gasteiger partial charge in [-0.25, -0.2) is 0 Å². The summed E-state index contributed by atoms with van der Waals surface area (Å²) in [6.45, 7) is 6.91. The van der Waals surface area contributed by atoms with Crippen molar-refractivity contribution in [1.82, 2.24) is 20.0 Å². The minimum absolute atomic E-state index is 0.0804. The fourth-order valence-electron chi connectivity index (χ4n) is 6.72. The molecule has 2 aromatic carbocycles. The molecular formula is C37H49N5O6. The molecule has 0 spiro atoms. The van der Waals surface area contributed by atoms with Gasteiger partial charge in [-0.1, -0.05) is 55.7 Å². The number of anilines is 1. The lowest BCUT2D eigenvalue weighted by Gasteiger charge is -2.34. The Morgan fingerprint density at radius 1 is 0.792 bits per heavy atom. The number of imide groups is 1. The van der Waals surface area contributed by atoms with E-state index in [2.05, 4.69) is 20.4 Å². The first-order chi connectivity index (χ1) is 23.4. The van der Waals surface area contributed by atoms with E-state index in [0.29, 0.717) is 37.1 Å². The predicted octanol–water partition coefficient (Wildman–Crippen LogP) is 4.26. The number of amides is 4. The second kappa shape index (κ2) is 17.9. The van der Waals surface area contributed by atoms with Gasteiger partial charge >= 0.3 is 5.97 Å². The van der Waals surface area contributed by atoms with Gasteiger partial charge in [0.2, 0.25) is 17.7 Å². The molecule has 0 aliphatic carbocycles. The lowest BCUT2D eigenvalue weighted by molar-refractivity contribution is -0.145. The van der Waals surface area contributed by atoms with Crippen molar-refractivity contribution in [2.75, 3.05) is 44.6 Å². The second-order valence-corrected chi connectivity index (χ2v) is 13.1. The van der Waals surface area contributed by atoms with Gasteiger partial charge in [0.1, 0.15) is 12.6 Å². The number of nitrogens with zero attached hydrogens (tertiary/aromatic N) is 3. The molecule has 2 saturated heterocycles. The Balaban J connectivity index is 0.887. The Hall–Kier alpha value is -4.09. The van der Waals surface area contributed by atoms with Crippen LogP contribution in [0.3, 0.4) is 0 Å². The van der Waals surface area contributed by atoms with Crippen LogP contribution in [0.25, 0.3) is 0 Å².